The van der Waals surface area contributed by atoms with Crippen molar-refractivity contribution in [2.75, 3.05) is 20.6 Å². The number of imidazole rings is 1. The molecule has 0 aliphatic rings. The van der Waals surface area contributed by atoms with E-state index in [1.807, 2.05) is 42.2 Å². The van der Waals surface area contributed by atoms with Gasteiger partial charge in [0.1, 0.15) is 12.1 Å². The fraction of sp³-hybridized carbons (Fsp3) is 0.353. The quantitative estimate of drug-likeness (QED) is 0.237. The topological polar surface area (TPSA) is 58.3 Å². The third kappa shape index (κ3) is 5.95. The van der Waals surface area contributed by atoms with E-state index in [0.717, 1.165) is 36.7 Å². The molecule has 0 aliphatic heterocycles. The van der Waals surface area contributed by atoms with E-state index in [0.29, 0.717) is 6.54 Å². The zero-order chi connectivity index (χ0) is 16.5. The molecule has 2 aromatic heterocycles. The van der Waals surface area contributed by atoms with E-state index in [4.69, 9.17) is 0 Å². The Bertz CT molecular complexity index is 638. The molecular formula is C17H25IN6. The number of allylic oxidation sites excluding steroid dienone is 1. The van der Waals surface area contributed by atoms with Crippen LogP contribution in [0.3, 0.4) is 0 Å². The van der Waals surface area contributed by atoms with Gasteiger partial charge >= 0.3 is 0 Å². The lowest BCUT2D eigenvalue weighted by Gasteiger charge is -2.22. The number of halogens is 1. The van der Waals surface area contributed by atoms with E-state index >= 15 is 0 Å². The first-order valence-corrected chi connectivity index (χ1v) is 7.70. The molecule has 0 unspecified atom stereocenters. The van der Waals surface area contributed by atoms with Crippen LogP contribution >= 0.6 is 24.0 Å². The van der Waals surface area contributed by atoms with E-state index in [9.17, 15) is 0 Å². The van der Waals surface area contributed by atoms with Gasteiger partial charge in [-0.15, -0.1) is 30.6 Å². The summed E-state index contributed by atoms with van der Waals surface area (Å²) >= 11 is 0. The first-order valence-electron chi connectivity index (χ1n) is 7.70. The van der Waals surface area contributed by atoms with Crippen molar-refractivity contribution in [3.8, 4) is 5.82 Å². The van der Waals surface area contributed by atoms with Gasteiger partial charge in [0.05, 0.1) is 0 Å². The van der Waals surface area contributed by atoms with Gasteiger partial charge in [-0.2, -0.15) is 0 Å². The number of nitrogens with zero attached hydrogens (tertiary/aromatic N) is 5. The highest BCUT2D eigenvalue weighted by molar-refractivity contribution is 14.0. The fourth-order valence-corrected chi connectivity index (χ4v) is 2.25. The molecule has 0 bridgehead atoms. The van der Waals surface area contributed by atoms with Gasteiger partial charge in [-0.05, 0) is 30.5 Å². The second kappa shape index (κ2) is 10.8. The van der Waals surface area contributed by atoms with Crippen molar-refractivity contribution in [3.63, 3.8) is 0 Å². The van der Waals surface area contributed by atoms with Crippen LogP contribution in [0.1, 0.15) is 18.4 Å². The minimum atomic E-state index is 0. The van der Waals surface area contributed by atoms with E-state index in [2.05, 4.69) is 31.8 Å². The highest BCUT2D eigenvalue weighted by Gasteiger charge is 2.06. The predicted octanol–water partition coefficient (Wildman–Crippen LogP) is 2.86. The maximum atomic E-state index is 4.36. The van der Waals surface area contributed by atoms with Crippen LogP contribution in [0.5, 0.6) is 0 Å². The van der Waals surface area contributed by atoms with Crippen LogP contribution in [-0.4, -0.2) is 46.0 Å². The summed E-state index contributed by atoms with van der Waals surface area (Å²) in [6.07, 6.45) is 11.2. The summed E-state index contributed by atoms with van der Waals surface area (Å²) < 4.78 is 1.89. The van der Waals surface area contributed by atoms with Gasteiger partial charge in [-0.3, -0.25) is 9.56 Å². The Balaban J connectivity index is 0.00000288. The number of aromatic nitrogens is 3. The van der Waals surface area contributed by atoms with E-state index in [1.54, 1.807) is 19.6 Å². The van der Waals surface area contributed by atoms with Crippen LogP contribution in [0.4, 0.5) is 0 Å². The van der Waals surface area contributed by atoms with Crippen LogP contribution in [0.15, 0.2) is 54.7 Å². The predicted molar refractivity (Wildman–Crippen MR) is 109 cm³/mol. The molecule has 2 heterocycles. The molecule has 0 aromatic carbocycles. The number of aliphatic imine (C=N–C) groups is 1. The maximum absolute atomic E-state index is 4.36. The standard InChI is InChI=1S/C17H24N6.HI/c1-4-5-6-10-22(3)17(18-2)21-13-15-7-8-20-16(12-15)23-11-9-19-14-23;/h4,7-9,11-12,14H,1,5-6,10,13H2,2-3H3,(H,18,21);1H. The number of hydrogen-bond donors (Lipinski definition) is 1. The van der Waals surface area contributed by atoms with Crippen LogP contribution in [0.2, 0.25) is 0 Å². The molecule has 6 nitrogen and oxygen atoms in total. The molecule has 0 amide bonds. The Morgan fingerprint density at radius 2 is 2.29 bits per heavy atom. The third-order valence-electron chi connectivity index (χ3n) is 3.50. The van der Waals surface area contributed by atoms with Crippen LogP contribution in [0, 0.1) is 0 Å². The number of rotatable bonds is 7. The minimum absolute atomic E-state index is 0. The summed E-state index contributed by atoms with van der Waals surface area (Å²) in [5, 5.41) is 3.38. The van der Waals surface area contributed by atoms with E-state index in [-0.39, 0.29) is 24.0 Å². The van der Waals surface area contributed by atoms with Gasteiger partial charge in [-0.1, -0.05) is 6.08 Å². The summed E-state index contributed by atoms with van der Waals surface area (Å²) in [5.74, 6) is 1.74. The third-order valence-corrected chi connectivity index (χ3v) is 3.50. The van der Waals surface area contributed by atoms with Crippen molar-refractivity contribution in [1.29, 1.82) is 0 Å². The molecule has 0 aliphatic carbocycles. The molecule has 130 valence electrons. The first-order chi connectivity index (χ1) is 11.2. The lowest BCUT2D eigenvalue weighted by molar-refractivity contribution is 0.470. The van der Waals surface area contributed by atoms with Gasteiger partial charge in [0, 0.05) is 45.8 Å². The van der Waals surface area contributed by atoms with E-state index in [1.165, 1.54) is 0 Å². The lowest BCUT2D eigenvalue weighted by Crippen LogP contribution is -2.39. The summed E-state index contributed by atoms with van der Waals surface area (Å²) in [6.45, 7) is 5.39. The van der Waals surface area contributed by atoms with E-state index < -0.39 is 0 Å². The smallest absolute Gasteiger partial charge is 0.193 e. The highest BCUT2D eigenvalue weighted by atomic mass is 127. The molecule has 0 saturated heterocycles. The largest absolute Gasteiger partial charge is 0.352 e. The SMILES string of the molecule is C=CCCCN(C)C(=NC)NCc1ccnc(-n2ccnc2)c1.I. The number of pyridine rings is 1. The molecule has 24 heavy (non-hydrogen) atoms. The summed E-state index contributed by atoms with van der Waals surface area (Å²) in [5.41, 5.74) is 1.14. The minimum Gasteiger partial charge on any atom is -0.352 e. The second-order valence-electron chi connectivity index (χ2n) is 5.25. The first kappa shape index (κ1) is 20.1. The molecule has 2 rings (SSSR count). The summed E-state index contributed by atoms with van der Waals surface area (Å²) in [6, 6.07) is 4.04. The van der Waals surface area contributed by atoms with Gasteiger partial charge in [0.15, 0.2) is 5.96 Å². The molecule has 0 saturated carbocycles. The molecule has 0 atom stereocenters. The average molecular weight is 440 g/mol. The van der Waals surface area contributed by atoms with Crippen molar-refractivity contribution in [1.82, 2.24) is 24.8 Å². The molecular weight excluding hydrogens is 415 g/mol. The number of nitrogens with one attached hydrogen (secondary N) is 1. The Kier molecular flexibility index (Phi) is 9.06. The second-order valence-corrected chi connectivity index (χ2v) is 5.25. The normalized spacial score (nSPS) is 10.8. The van der Waals surface area contributed by atoms with Crippen molar-refractivity contribution in [2.45, 2.75) is 19.4 Å². The highest BCUT2D eigenvalue weighted by Crippen LogP contribution is 2.07. The molecule has 0 spiro atoms. The molecule has 7 heteroatoms. The monoisotopic (exact) mass is 440 g/mol. The lowest BCUT2D eigenvalue weighted by atomic mass is 10.2. The van der Waals surface area contributed by atoms with Crippen LogP contribution < -0.4 is 5.32 Å². The number of hydrogen-bond acceptors (Lipinski definition) is 3. The Hall–Kier alpha value is -1.90. The Morgan fingerprint density at radius 1 is 1.46 bits per heavy atom. The zero-order valence-corrected chi connectivity index (χ0v) is 16.6. The van der Waals surface area contributed by atoms with Crippen LogP contribution in [0.25, 0.3) is 5.82 Å². The van der Waals surface area contributed by atoms with Gasteiger partial charge in [-0.25, -0.2) is 9.97 Å². The fourth-order valence-electron chi connectivity index (χ4n) is 2.25. The average Bonchev–Trinajstić information content (AvgIpc) is 3.10. The molecule has 0 fully saturated rings. The Morgan fingerprint density at radius 3 is 2.96 bits per heavy atom. The molecule has 2 aromatic rings. The van der Waals surface area contributed by atoms with Crippen molar-refractivity contribution >= 4 is 29.9 Å². The molecule has 1 N–H and O–H groups in total. The van der Waals surface area contributed by atoms with Crippen molar-refractivity contribution in [2.24, 2.45) is 4.99 Å². The van der Waals surface area contributed by atoms with Gasteiger partial charge in [0.25, 0.3) is 0 Å². The number of guanidine groups is 1. The summed E-state index contributed by atoms with van der Waals surface area (Å²) in [4.78, 5) is 14.9. The van der Waals surface area contributed by atoms with Crippen molar-refractivity contribution < 1.29 is 0 Å². The molecule has 0 radical (unpaired) electrons. The Labute approximate surface area is 160 Å². The van der Waals surface area contributed by atoms with Gasteiger partial charge < -0.3 is 10.2 Å². The number of unbranched alkanes of at least 4 members (excludes halogenated alkanes) is 1. The van der Waals surface area contributed by atoms with Crippen LogP contribution in [-0.2, 0) is 6.54 Å². The maximum Gasteiger partial charge on any atom is 0.193 e. The van der Waals surface area contributed by atoms with Crippen molar-refractivity contribution in [3.05, 3.63) is 55.3 Å². The zero-order valence-electron chi connectivity index (χ0n) is 14.2. The summed E-state index contributed by atoms with van der Waals surface area (Å²) in [7, 11) is 3.84. The van der Waals surface area contributed by atoms with Gasteiger partial charge in [0.2, 0.25) is 0 Å².